The highest BCUT2D eigenvalue weighted by molar-refractivity contribution is 5.94. The Hall–Kier alpha value is -4.82. The molecule has 2 atom stereocenters. The normalized spacial score (nSPS) is 16.6. The number of fused-ring (bicyclic) bond motifs is 2. The van der Waals surface area contributed by atoms with Gasteiger partial charge in [-0.25, -0.2) is 9.97 Å². The number of aromatic nitrogens is 5. The molecule has 3 aromatic heterocycles. The number of ether oxygens (including phenoxy) is 1. The van der Waals surface area contributed by atoms with Crippen LogP contribution in [-0.2, 0) is 11.2 Å². The van der Waals surface area contributed by atoms with Crippen LogP contribution < -0.4 is 10.6 Å². The van der Waals surface area contributed by atoms with Crippen molar-refractivity contribution in [2.24, 2.45) is 0 Å². The van der Waals surface area contributed by atoms with Crippen LogP contribution in [0.5, 0.6) is 0 Å². The molecule has 0 saturated carbocycles. The van der Waals surface area contributed by atoms with Crippen LogP contribution in [0, 0.1) is 0 Å². The number of benzene rings is 3. The first-order chi connectivity index (χ1) is 18.3. The molecule has 180 valence electrons. The standard InChI is InChI=1S/C29H23N7O/c1-3-9-24-21(7-1)27(32-20-11-12-23-19(15-20)17-31-36-23)35-28(33-24)22-8-2-4-10-25(22)34-29-26(37-29)14-18-6-5-13-30-16-18/h1-13,15-17,26,29,34H,14H2,(H,31,36)(H,32,33,35). The molecule has 1 aliphatic heterocycles. The summed E-state index contributed by atoms with van der Waals surface area (Å²) in [6.07, 6.45) is 6.33. The average molecular weight is 486 g/mol. The first-order valence-electron chi connectivity index (χ1n) is 12.2. The second-order valence-electron chi connectivity index (χ2n) is 9.06. The fourth-order valence-electron chi connectivity index (χ4n) is 4.58. The highest BCUT2D eigenvalue weighted by Crippen LogP contribution is 2.34. The van der Waals surface area contributed by atoms with E-state index in [0.29, 0.717) is 5.82 Å². The topological polar surface area (TPSA) is 104 Å². The second-order valence-corrected chi connectivity index (χ2v) is 9.06. The van der Waals surface area contributed by atoms with Crippen LogP contribution in [-0.4, -0.2) is 37.5 Å². The van der Waals surface area contributed by atoms with E-state index >= 15 is 0 Å². The van der Waals surface area contributed by atoms with Gasteiger partial charge in [-0.3, -0.25) is 10.1 Å². The van der Waals surface area contributed by atoms with Gasteiger partial charge in [-0.15, -0.1) is 0 Å². The second kappa shape index (κ2) is 9.00. The molecular formula is C29H23N7O. The summed E-state index contributed by atoms with van der Waals surface area (Å²) in [4.78, 5) is 14.1. The molecule has 1 aliphatic rings. The van der Waals surface area contributed by atoms with Crippen LogP contribution >= 0.6 is 0 Å². The lowest BCUT2D eigenvalue weighted by atomic mass is 10.1. The van der Waals surface area contributed by atoms with E-state index in [1.165, 1.54) is 0 Å². The van der Waals surface area contributed by atoms with Crippen molar-refractivity contribution in [3.05, 3.63) is 103 Å². The fraction of sp³-hybridized carbons (Fsp3) is 0.103. The minimum Gasteiger partial charge on any atom is -0.357 e. The predicted octanol–water partition coefficient (Wildman–Crippen LogP) is 5.69. The molecule has 3 aromatic carbocycles. The molecule has 0 spiro atoms. The van der Waals surface area contributed by atoms with Crippen molar-refractivity contribution >= 4 is 39.0 Å². The number of para-hydroxylation sites is 2. The maximum absolute atomic E-state index is 5.92. The van der Waals surface area contributed by atoms with Crippen LogP contribution in [0.4, 0.5) is 17.2 Å². The van der Waals surface area contributed by atoms with Gasteiger partial charge in [-0.1, -0.05) is 30.3 Å². The van der Waals surface area contributed by atoms with Gasteiger partial charge in [-0.05, 0) is 54.1 Å². The van der Waals surface area contributed by atoms with E-state index in [1.807, 2.05) is 79.1 Å². The van der Waals surface area contributed by atoms with Crippen molar-refractivity contribution < 1.29 is 4.74 Å². The molecule has 0 bridgehead atoms. The number of hydrogen-bond donors (Lipinski definition) is 3. The maximum Gasteiger partial charge on any atom is 0.164 e. The van der Waals surface area contributed by atoms with E-state index in [2.05, 4.69) is 37.9 Å². The number of hydrogen-bond acceptors (Lipinski definition) is 7. The number of anilines is 3. The molecule has 37 heavy (non-hydrogen) atoms. The Morgan fingerprint density at radius 2 is 1.81 bits per heavy atom. The SMILES string of the molecule is c1cncc(CC2OC2Nc2ccccc2-c2nc(Nc3ccc4[nH]ncc4c3)c3ccccc3n2)c1. The zero-order valence-corrected chi connectivity index (χ0v) is 19.8. The van der Waals surface area contributed by atoms with E-state index in [1.54, 1.807) is 6.20 Å². The Labute approximate surface area is 212 Å². The lowest BCUT2D eigenvalue weighted by Crippen LogP contribution is -2.10. The van der Waals surface area contributed by atoms with Gasteiger partial charge in [0.15, 0.2) is 12.1 Å². The molecule has 2 unspecified atom stereocenters. The molecule has 7 rings (SSSR count). The van der Waals surface area contributed by atoms with Gasteiger partial charge in [-0.2, -0.15) is 5.10 Å². The van der Waals surface area contributed by atoms with Crippen LogP contribution in [0.25, 0.3) is 33.2 Å². The molecule has 1 saturated heterocycles. The summed E-state index contributed by atoms with van der Waals surface area (Å²) in [5, 5.41) is 16.1. The molecular weight excluding hydrogens is 462 g/mol. The summed E-state index contributed by atoms with van der Waals surface area (Å²) in [7, 11) is 0. The van der Waals surface area contributed by atoms with Crippen molar-refractivity contribution in [1.82, 2.24) is 25.1 Å². The van der Waals surface area contributed by atoms with E-state index in [-0.39, 0.29) is 12.3 Å². The van der Waals surface area contributed by atoms with Gasteiger partial charge in [0.25, 0.3) is 0 Å². The average Bonchev–Trinajstić information content (AvgIpc) is 3.48. The molecule has 0 amide bonds. The summed E-state index contributed by atoms with van der Waals surface area (Å²) in [5.41, 5.74) is 5.79. The van der Waals surface area contributed by atoms with E-state index in [4.69, 9.17) is 14.7 Å². The van der Waals surface area contributed by atoms with Crippen LogP contribution in [0.15, 0.2) is 97.5 Å². The van der Waals surface area contributed by atoms with E-state index in [9.17, 15) is 0 Å². The lowest BCUT2D eigenvalue weighted by molar-refractivity contribution is 0.381. The number of pyridine rings is 1. The third-order valence-corrected chi connectivity index (χ3v) is 6.51. The Balaban J connectivity index is 1.20. The van der Waals surface area contributed by atoms with Gasteiger partial charge in [0.05, 0.1) is 17.2 Å². The maximum atomic E-state index is 5.92. The summed E-state index contributed by atoms with van der Waals surface area (Å²) >= 11 is 0. The number of rotatable bonds is 7. The first-order valence-corrected chi connectivity index (χ1v) is 12.2. The number of H-pyrrole nitrogens is 1. The molecule has 8 nitrogen and oxygen atoms in total. The monoisotopic (exact) mass is 485 g/mol. The molecule has 3 N–H and O–H groups in total. The minimum absolute atomic E-state index is 0.0684. The third kappa shape index (κ3) is 4.34. The van der Waals surface area contributed by atoms with Gasteiger partial charge in [0.2, 0.25) is 0 Å². The Bertz CT molecular complexity index is 1720. The van der Waals surface area contributed by atoms with Crippen molar-refractivity contribution in [3.63, 3.8) is 0 Å². The quantitative estimate of drug-likeness (QED) is 0.250. The Morgan fingerprint density at radius 3 is 2.76 bits per heavy atom. The number of nitrogens with one attached hydrogen (secondary N) is 3. The van der Waals surface area contributed by atoms with Crippen molar-refractivity contribution in [2.45, 2.75) is 18.8 Å². The van der Waals surface area contributed by atoms with Gasteiger partial charge < -0.3 is 15.4 Å². The highest BCUT2D eigenvalue weighted by atomic mass is 16.6. The summed E-state index contributed by atoms with van der Waals surface area (Å²) in [6.45, 7) is 0. The number of aromatic amines is 1. The van der Waals surface area contributed by atoms with Gasteiger partial charge in [0, 0.05) is 46.5 Å². The third-order valence-electron chi connectivity index (χ3n) is 6.51. The smallest absolute Gasteiger partial charge is 0.164 e. The minimum atomic E-state index is -0.0684. The Morgan fingerprint density at radius 1 is 0.892 bits per heavy atom. The predicted molar refractivity (Wildman–Crippen MR) is 145 cm³/mol. The zero-order chi connectivity index (χ0) is 24.6. The summed E-state index contributed by atoms with van der Waals surface area (Å²) in [5.74, 6) is 1.38. The summed E-state index contributed by atoms with van der Waals surface area (Å²) in [6, 6.07) is 26.2. The number of nitrogens with zero attached hydrogens (tertiary/aromatic N) is 4. The van der Waals surface area contributed by atoms with Gasteiger partial charge >= 0.3 is 0 Å². The highest BCUT2D eigenvalue weighted by Gasteiger charge is 2.39. The van der Waals surface area contributed by atoms with Gasteiger partial charge in [0.1, 0.15) is 11.9 Å². The summed E-state index contributed by atoms with van der Waals surface area (Å²) < 4.78 is 5.92. The molecule has 1 fully saturated rings. The molecule has 8 heteroatoms. The van der Waals surface area contributed by atoms with Crippen molar-refractivity contribution in [2.75, 3.05) is 10.6 Å². The zero-order valence-electron chi connectivity index (χ0n) is 19.8. The largest absolute Gasteiger partial charge is 0.357 e. The number of epoxide rings is 1. The molecule has 6 aromatic rings. The fourth-order valence-corrected chi connectivity index (χ4v) is 4.58. The van der Waals surface area contributed by atoms with E-state index in [0.717, 1.165) is 56.5 Å². The first kappa shape index (κ1) is 21.5. The van der Waals surface area contributed by atoms with E-state index < -0.39 is 0 Å². The van der Waals surface area contributed by atoms with Crippen molar-refractivity contribution in [3.8, 4) is 11.4 Å². The lowest BCUT2D eigenvalue weighted by Gasteiger charge is -2.14. The van der Waals surface area contributed by atoms with Crippen LogP contribution in [0.1, 0.15) is 5.56 Å². The van der Waals surface area contributed by atoms with Crippen LogP contribution in [0.3, 0.4) is 0 Å². The molecule has 0 radical (unpaired) electrons. The van der Waals surface area contributed by atoms with Crippen molar-refractivity contribution in [1.29, 1.82) is 0 Å². The molecule has 4 heterocycles. The Kier molecular flexibility index (Phi) is 5.22. The molecule has 0 aliphatic carbocycles. The van der Waals surface area contributed by atoms with Crippen LogP contribution in [0.2, 0.25) is 0 Å².